The van der Waals surface area contributed by atoms with E-state index in [0.717, 1.165) is 18.2 Å². The zero-order valence-corrected chi connectivity index (χ0v) is 12.4. The lowest BCUT2D eigenvalue weighted by Gasteiger charge is -2.15. The third kappa shape index (κ3) is 3.50. The fourth-order valence-electron chi connectivity index (χ4n) is 1.86. The summed E-state index contributed by atoms with van der Waals surface area (Å²) in [4.78, 5) is 4.49. The first-order valence-corrected chi connectivity index (χ1v) is 7.37. The summed E-state index contributed by atoms with van der Waals surface area (Å²) < 4.78 is 38.7. The van der Waals surface area contributed by atoms with Gasteiger partial charge in [-0.05, 0) is 31.5 Å². The molecule has 1 aromatic carbocycles. The summed E-state index contributed by atoms with van der Waals surface area (Å²) in [5, 5.41) is 12.3. The van der Waals surface area contributed by atoms with Crippen LogP contribution in [0.3, 0.4) is 0 Å². The SMILES string of the molecule is CCC1(C)CSC(Nc2ccc(C#N)c(C(F)(F)F)c2)=N1. The topological polar surface area (TPSA) is 48.2 Å². The second-order valence-electron chi connectivity index (χ2n) is 5.05. The van der Waals surface area contributed by atoms with E-state index in [2.05, 4.69) is 10.3 Å². The Kier molecular flexibility index (Phi) is 4.19. The molecule has 0 fully saturated rings. The molecule has 2 rings (SSSR count). The van der Waals surface area contributed by atoms with Gasteiger partial charge < -0.3 is 5.32 Å². The van der Waals surface area contributed by atoms with Crippen molar-refractivity contribution in [1.29, 1.82) is 5.26 Å². The molecule has 1 unspecified atom stereocenters. The molecule has 1 N–H and O–H groups in total. The highest BCUT2D eigenvalue weighted by Gasteiger charge is 2.34. The molecule has 21 heavy (non-hydrogen) atoms. The van der Waals surface area contributed by atoms with Crippen molar-refractivity contribution in [3.63, 3.8) is 0 Å². The van der Waals surface area contributed by atoms with E-state index >= 15 is 0 Å². The molecule has 0 amide bonds. The summed E-state index contributed by atoms with van der Waals surface area (Å²) in [6, 6.07) is 5.14. The summed E-state index contributed by atoms with van der Waals surface area (Å²) in [5.74, 6) is 0.800. The summed E-state index contributed by atoms with van der Waals surface area (Å²) >= 11 is 1.48. The van der Waals surface area contributed by atoms with Crippen LogP contribution in [0.15, 0.2) is 23.2 Å². The summed E-state index contributed by atoms with van der Waals surface area (Å²) in [6.07, 6.45) is -3.68. The number of hydrogen-bond donors (Lipinski definition) is 1. The van der Waals surface area contributed by atoms with E-state index in [1.54, 1.807) is 6.07 Å². The Balaban J connectivity index is 2.27. The van der Waals surface area contributed by atoms with E-state index in [9.17, 15) is 13.2 Å². The summed E-state index contributed by atoms with van der Waals surface area (Å²) in [7, 11) is 0. The average molecular weight is 313 g/mol. The normalized spacial score (nSPS) is 21.8. The third-order valence-corrected chi connectivity index (χ3v) is 4.58. The molecule has 1 aliphatic rings. The van der Waals surface area contributed by atoms with Crippen molar-refractivity contribution in [3.8, 4) is 6.07 Å². The average Bonchev–Trinajstić information content (AvgIpc) is 2.80. The van der Waals surface area contributed by atoms with Gasteiger partial charge in [-0.3, -0.25) is 4.99 Å². The number of thioether (sulfide) groups is 1. The monoisotopic (exact) mass is 313 g/mol. The number of nitrogens with zero attached hydrogens (tertiary/aromatic N) is 2. The molecule has 0 saturated heterocycles. The zero-order chi connectivity index (χ0) is 15.7. The van der Waals surface area contributed by atoms with Crippen molar-refractivity contribution < 1.29 is 13.2 Å². The van der Waals surface area contributed by atoms with Crippen molar-refractivity contribution in [2.75, 3.05) is 11.1 Å². The van der Waals surface area contributed by atoms with Crippen LogP contribution in [0.1, 0.15) is 31.4 Å². The fraction of sp³-hybridized carbons (Fsp3) is 0.429. The van der Waals surface area contributed by atoms with E-state index in [4.69, 9.17) is 5.26 Å². The number of hydrogen-bond acceptors (Lipinski definition) is 4. The van der Waals surface area contributed by atoms with Gasteiger partial charge in [0.1, 0.15) is 0 Å². The van der Waals surface area contributed by atoms with Crippen LogP contribution in [-0.2, 0) is 6.18 Å². The third-order valence-electron chi connectivity index (χ3n) is 3.35. The largest absolute Gasteiger partial charge is 0.417 e. The van der Waals surface area contributed by atoms with Crippen molar-refractivity contribution in [3.05, 3.63) is 29.3 Å². The molecular formula is C14H14F3N3S. The Morgan fingerprint density at radius 1 is 1.48 bits per heavy atom. The van der Waals surface area contributed by atoms with Crippen LogP contribution in [-0.4, -0.2) is 16.5 Å². The summed E-state index contributed by atoms with van der Waals surface area (Å²) in [6.45, 7) is 4.03. The molecule has 1 heterocycles. The maximum absolute atomic E-state index is 12.9. The van der Waals surface area contributed by atoms with Crippen molar-refractivity contribution in [1.82, 2.24) is 0 Å². The van der Waals surface area contributed by atoms with E-state index in [-0.39, 0.29) is 16.8 Å². The number of anilines is 1. The van der Waals surface area contributed by atoms with Gasteiger partial charge in [0.25, 0.3) is 0 Å². The molecule has 1 aromatic rings. The number of aliphatic imine (C=N–C) groups is 1. The second kappa shape index (κ2) is 5.60. The first-order chi connectivity index (χ1) is 9.77. The number of halogens is 3. The van der Waals surface area contributed by atoms with Crippen LogP contribution < -0.4 is 5.32 Å². The Bertz CT molecular complexity index is 619. The molecule has 0 aliphatic carbocycles. The van der Waals surface area contributed by atoms with Crippen LogP contribution in [0.4, 0.5) is 18.9 Å². The standard InChI is InChI=1S/C14H14F3N3S/c1-3-13(2)8-21-12(20-13)19-10-5-4-9(7-18)11(6-10)14(15,16)17/h4-6H,3,8H2,1-2H3,(H,19,20). The molecule has 0 radical (unpaired) electrons. The number of rotatable bonds is 2. The van der Waals surface area contributed by atoms with Crippen LogP contribution in [0.25, 0.3) is 0 Å². The fourth-order valence-corrected chi connectivity index (χ4v) is 3.05. The van der Waals surface area contributed by atoms with Crippen molar-refractivity contribution in [2.24, 2.45) is 4.99 Å². The molecule has 0 spiro atoms. The smallest absolute Gasteiger partial charge is 0.335 e. The van der Waals surface area contributed by atoms with Crippen LogP contribution in [0.2, 0.25) is 0 Å². The minimum atomic E-state index is -4.55. The van der Waals surface area contributed by atoms with Gasteiger partial charge in [-0.2, -0.15) is 18.4 Å². The van der Waals surface area contributed by atoms with Gasteiger partial charge in [-0.1, -0.05) is 18.7 Å². The van der Waals surface area contributed by atoms with Crippen LogP contribution >= 0.6 is 11.8 Å². The van der Waals surface area contributed by atoms with Gasteiger partial charge in [0, 0.05) is 11.4 Å². The highest BCUT2D eigenvalue weighted by Crippen LogP contribution is 2.35. The predicted molar refractivity (Wildman–Crippen MR) is 78.4 cm³/mol. The Hall–Kier alpha value is -1.68. The molecule has 0 aromatic heterocycles. The number of amidine groups is 1. The van der Waals surface area contributed by atoms with Gasteiger partial charge >= 0.3 is 6.18 Å². The van der Waals surface area contributed by atoms with Gasteiger partial charge in [0.05, 0.1) is 22.7 Å². The molecule has 1 atom stereocenters. The molecule has 3 nitrogen and oxygen atoms in total. The molecule has 112 valence electrons. The van der Waals surface area contributed by atoms with E-state index in [1.807, 2.05) is 13.8 Å². The number of benzene rings is 1. The quantitative estimate of drug-likeness (QED) is 0.887. The highest BCUT2D eigenvalue weighted by molar-refractivity contribution is 8.14. The Morgan fingerprint density at radius 2 is 2.19 bits per heavy atom. The highest BCUT2D eigenvalue weighted by atomic mass is 32.2. The van der Waals surface area contributed by atoms with Gasteiger partial charge in [0.2, 0.25) is 0 Å². The lowest BCUT2D eigenvalue weighted by molar-refractivity contribution is -0.137. The minimum Gasteiger partial charge on any atom is -0.335 e. The maximum Gasteiger partial charge on any atom is 0.417 e. The number of nitrogens with one attached hydrogen (secondary N) is 1. The molecule has 1 aliphatic heterocycles. The van der Waals surface area contributed by atoms with Crippen molar-refractivity contribution in [2.45, 2.75) is 32.0 Å². The van der Waals surface area contributed by atoms with Crippen molar-refractivity contribution >= 4 is 22.6 Å². The zero-order valence-electron chi connectivity index (χ0n) is 11.6. The molecule has 0 saturated carbocycles. The van der Waals surface area contributed by atoms with Gasteiger partial charge in [0.15, 0.2) is 5.17 Å². The lowest BCUT2D eigenvalue weighted by Crippen LogP contribution is -2.20. The molecule has 7 heteroatoms. The Morgan fingerprint density at radius 3 is 2.71 bits per heavy atom. The first kappa shape index (κ1) is 15.7. The minimum absolute atomic E-state index is 0.174. The lowest BCUT2D eigenvalue weighted by atomic mass is 10.0. The first-order valence-electron chi connectivity index (χ1n) is 6.38. The van der Waals surface area contributed by atoms with Gasteiger partial charge in [-0.15, -0.1) is 0 Å². The predicted octanol–water partition coefficient (Wildman–Crippen LogP) is 4.26. The van der Waals surface area contributed by atoms with Gasteiger partial charge in [-0.25, -0.2) is 0 Å². The Labute approximate surface area is 125 Å². The van der Waals surface area contributed by atoms with Crippen LogP contribution in [0, 0.1) is 11.3 Å². The van der Waals surface area contributed by atoms with E-state index in [0.29, 0.717) is 5.17 Å². The number of nitriles is 1. The van der Waals surface area contributed by atoms with E-state index in [1.165, 1.54) is 23.9 Å². The van der Waals surface area contributed by atoms with E-state index < -0.39 is 11.7 Å². The molecular weight excluding hydrogens is 299 g/mol. The second-order valence-corrected chi connectivity index (χ2v) is 6.02. The summed E-state index contributed by atoms with van der Waals surface area (Å²) in [5.41, 5.74) is -1.20. The number of alkyl halides is 3. The van der Waals surface area contributed by atoms with Crippen LogP contribution in [0.5, 0.6) is 0 Å². The molecule has 0 bridgehead atoms. The maximum atomic E-state index is 12.9.